The summed E-state index contributed by atoms with van der Waals surface area (Å²) in [6.07, 6.45) is 2.63. The topological polar surface area (TPSA) is 112 Å². The minimum Gasteiger partial charge on any atom is -0.494 e. The minimum absolute atomic E-state index is 0.0580. The van der Waals surface area contributed by atoms with Gasteiger partial charge in [-0.2, -0.15) is 0 Å². The van der Waals surface area contributed by atoms with Crippen LogP contribution in [0.4, 0.5) is 0 Å². The van der Waals surface area contributed by atoms with Crippen molar-refractivity contribution in [3.05, 3.63) is 32.4 Å². The van der Waals surface area contributed by atoms with Crippen LogP contribution in [0.2, 0.25) is 0 Å². The van der Waals surface area contributed by atoms with Crippen molar-refractivity contribution in [2.75, 3.05) is 13.7 Å². The second-order valence-electron chi connectivity index (χ2n) is 5.06. The van der Waals surface area contributed by atoms with Crippen molar-refractivity contribution in [1.29, 1.82) is 0 Å². The average Bonchev–Trinajstić information content (AvgIpc) is 2.83. The first-order valence-electron chi connectivity index (χ1n) is 7.18. The standard InChI is InChI=1S/C15H18Br2N4O3/c1-23-13-9(16)5-8(6-10(13)17)7-11-14(22)21-12(24-11)3-2-4-20-15(18)19/h5-7,12H,2-4H2,1H3,(H,21,22)(H4,18,19,20). The zero-order valence-electron chi connectivity index (χ0n) is 13.0. The molecule has 9 heteroatoms. The first-order valence-corrected chi connectivity index (χ1v) is 8.77. The fourth-order valence-electron chi connectivity index (χ4n) is 2.18. The van der Waals surface area contributed by atoms with Crippen molar-refractivity contribution >= 4 is 49.8 Å². The zero-order valence-corrected chi connectivity index (χ0v) is 16.2. The number of nitrogens with one attached hydrogen (secondary N) is 1. The van der Waals surface area contributed by atoms with Gasteiger partial charge >= 0.3 is 0 Å². The maximum atomic E-state index is 12.0. The largest absolute Gasteiger partial charge is 0.494 e. The van der Waals surface area contributed by atoms with Crippen LogP contribution in [-0.2, 0) is 9.53 Å². The number of halogens is 2. The van der Waals surface area contributed by atoms with E-state index in [0.717, 1.165) is 14.5 Å². The lowest BCUT2D eigenvalue weighted by atomic mass is 10.2. The molecule has 0 saturated carbocycles. The number of carbonyl (C=O) groups excluding carboxylic acids is 1. The third kappa shape index (κ3) is 4.88. The summed E-state index contributed by atoms with van der Waals surface area (Å²) in [5.41, 5.74) is 11.3. The van der Waals surface area contributed by atoms with E-state index >= 15 is 0 Å². The molecule has 1 amide bonds. The van der Waals surface area contributed by atoms with Crippen molar-refractivity contribution in [1.82, 2.24) is 5.32 Å². The lowest BCUT2D eigenvalue weighted by Gasteiger charge is -2.09. The van der Waals surface area contributed by atoms with Crippen LogP contribution in [-0.4, -0.2) is 31.7 Å². The van der Waals surface area contributed by atoms with Crippen LogP contribution in [0.1, 0.15) is 18.4 Å². The van der Waals surface area contributed by atoms with Crippen LogP contribution in [0.15, 0.2) is 31.8 Å². The number of benzene rings is 1. The van der Waals surface area contributed by atoms with Gasteiger partial charge in [-0.15, -0.1) is 0 Å². The van der Waals surface area contributed by atoms with Crippen LogP contribution < -0.4 is 21.5 Å². The summed E-state index contributed by atoms with van der Waals surface area (Å²) < 4.78 is 12.5. The van der Waals surface area contributed by atoms with E-state index in [2.05, 4.69) is 42.2 Å². The van der Waals surface area contributed by atoms with Gasteiger partial charge in [-0.1, -0.05) is 0 Å². The molecule has 1 unspecified atom stereocenters. The van der Waals surface area contributed by atoms with E-state index in [1.807, 2.05) is 12.1 Å². The zero-order chi connectivity index (χ0) is 17.7. The van der Waals surface area contributed by atoms with Gasteiger partial charge in [0, 0.05) is 13.0 Å². The summed E-state index contributed by atoms with van der Waals surface area (Å²) in [5, 5.41) is 2.78. The van der Waals surface area contributed by atoms with Crippen molar-refractivity contribution in [2.45, 2.75) is 19.1 Å². The van der Waals surface area contributed by atoms with Gasteiger partial charge in [0.25, 0.3) is 5.91 Å². The minimum atomic E-state index is -0.372. The van der Waals surface area contributed by atoms with E-state index in [1.54, 1.807) is 13.2 Å². The predicted octanol–water partition coefficient (Wildman–Crippen LogP) is 2.09. The highest BCUT2D eigenvalue weighted by Gasteiger charge is 2.27. The van der Waals surface area contributed by atoms with E-state index < -0.39 is 0 Å². The van der Waals surface area contributed by atoms with E-state index in [4.69, 9.17) is 20.9 Å². The molecular weight excluding hydrogens is 444 g/mol. The highest BCUT2D eigenvalue weighted by molar-refractivity contribution is 9.11. The predicted molar refractivity (Wildman–Crippen MR) is 99.3 cm³/mol. The molecule has 1 aromatic carbocycles. The van der Waals surface area contributed by atoms with E-state index in [9.17, 15) is 4.79 Å². The van der Waals surface area contributed by atoms with Crippen molar-refractivity contribution < 1.29 is 14.3 Å². The SMILES string of the molecule is COc1c(Br)cc(C=C2OC(CCCN=C(N)N)NC2=O)cc1Br. The monoisotopic (exact) mass is 460 g/mol. The molecule has 5 N–H and O–H groups in total. The molecule has 2 rings (SSSR count). The number of carbonyl (C=O) groups is 1. The van der Waals surface area contributed by atoms with Gasteiger partial charge in [-0.05, 0) is 62.1 Å². The van der Waals surface area contributed by atoms with Crippen LogP contribution in [0.25, 0.3) is 6.08 Å². The van der Waals surface area contributed by atoms with Gasteiger partial charge in [-0.25, -0.2) is 0 Å². The first-order chi connectivity index (χ1) is 11.4. The summed E-state index contributed by atoms with van der Waals surface area (Å²) in [5.74, 6) is 0.768. The molecule has 1 aliphatic heterocycles. The lowest BCUT2D eigenvalue weighted by Crippen LogP contribution is -2.26. The molecule has 1 saturated heterocycles. The number of hydrogen-bond acceptors (Lipinski definition) is 4. The maximum Gasteiger partial charge on any atom is 0.289 e. The van der Waals surface area contributed by atoms with Crippen molar-refractivity contribution in [3.63, 3.8) is 0 Å². The van der Waals surface area contributed by atoms with Gasteiger partial charge in [0.2, 0.25) is 0 Å². The lowest BCUT2D eigenvalue weighted by molar-refractivity contribution is -0.116. The number of ether oxygens (including phenoxy) is 2. The molecule has 1 fully saturated rings. The van der Waals surface area contributed by atoms with E-state index in [-0.39, 0.29) is 23.9 Å². The number of nitrogens with zero attached hydrogens (tertiary/aromatic N) is 1. The molecule has 0 radical (unpaired) electrons. The molecule has 1 aromatic rings. The molecule has 0 bridgehead atoms. The number of nitrogens with two attached hydrogens (primary N) is 2. The third-order valence-electron chi connectivity index (χ3n) is 3.23. The molecule has 24 heavy (non-hydrogen) atoms. The Bertz CT molecular complexity index is 664. The Hall–Kier alpha value is -1.74. The van der Waals surface area contributed by atoms with Crippen LogP contribution in [0.5, 0.6) is 5.75 Å². The Morgan fingerprint density at radius 3 is 2.67 bits per heavy atom. The molecule has 1 atom stereocenters. The van der Waals surface area contributed by atoms with Gasteiger partial charge in [0.15, 0.2) is 17.9 Å². The molecule has 7 nitrogen and oxygen atoms in total. The third-order valence-corrected chi connectivity index (χ3v) is 4.40. The smallest absolute Gasteiger partial charge is 0.289 e. The highest BCUT2D eigenvalue weighted by Crippen LogP contribution is 2.35. The summed E-state index contributed by atoms with van der Waals surface area (Å²) in [7, 11) is 1.59. The number of methoxy groups -OCH3 is 1. The van der Waals surface area contributed by atoms with Crippen molar-refractivity contribution in [3.8, 4) is 5.75 Å². The number of amides is 1. The Kier molecular flexibility index (Phi) is 6.50. The second-order valence-corrected chi connectivity index (χ2v) is 6.76. The van der Waals surface area contributed by atoms with Crippen LogP contribution in [0, 0.1) is 0 Å². The highest BCUT2D eigenvalue weighted by atomic mass is 79.9. The van der Waals surface area contributed by atoms with Crippen LogP contribution in [0.3, 0.4) is 0 Å². The Labute approximate surface area is 156 Å². The maximum absolute atomic E-state index is 12.0. The molecule has 0 spiro atoms. The Morgan fingerprint density at radius 2 is 2.08 bits per heavy atom. The van der Waals surface area contributed by atoms with Gasteiger partial charge in [-0.3, -0.25) is 9.79 Å². The molecule has 1 aliphatic rings. The van der Waals surface area contributed by atoms with Gasteiger partial charge < -0.3 is 26.3 Å². The molecular formula is C15H18Br2N4O3. The second kappa shape index (κ2) is 8.39. The number of guanidine groups is 1. The normalized spacial score (nSPS) is 18.2. The average molecular weight is 462 g/mol. The van der Waals surface area contributed by atoms with Crippen molar-refractivity contribution in [2.24, 2.45) is 16.5 Å². The molecule has 0 aromatic heterocycles. The molecule has 130 valence electrons. The Morgan fingerprint density at radius 1 is 1.42 bits per heavy atom. The molecule has 0 aliphatic carbocycles. The summed E-state index contributed by atoms with van der Waals surface area (Å²) in [6.45, 7) is 0.496. The number of rotatable bonds is 6. The number of hydrogen-bond donors (Lipinski definition) is 3. The fourth-order valence-corrected chi connectivity index (χ4v) is 3.72. The summed E-state index contributed by atoms with van der Waals surface area (Å²) in [4.78, 5) is 15.9. The van der Waals surface area contributed by atoms with Crippen LogP contribution >= 0.6 is 31.9 Å². The summed E-state index contributed by atoms with van der Waals surface area (Å²) in [6, 6.07) is 3.69. The Balaban J connectivity index is 2.03. The van der Waals surface area contributed by atoms with Gasteiger partial charge in [0.1, 0.15) is 5.75 Å². The fraction of sp³-hybridized carbons (Fsp3) is 0.333. The summed E-state index contributed by atoms with van der Waals surface area (Å²) >= 11 is 6.86. The molecule has 1 heterocycles. The number of aliphatic imine (C=N–C) groups is 1. The van der Waals surface area contributed by atoms with Gasteiger partial charge in [0.05, 0.1) is 16.1 Å². The van der Waals surface area contributed by atoms with E-state index in [1.165, 1.54) is 0 Å². The first kappa shape index (κ1) is 18.6. The quantitative estimate of drug-likeness (QED) is 0.260. The van der Waals surface area contributed by atoms with E-state index in [0.29, 0.717) is 25.1 Å².